The van der Waals surface area contributed by atoms with Crippen molar-refractivity contribution in [3.05, 3.63) is 35.4 Å². The van der Waals surface area contributed by atoms with Crippen molar-refractivity contribution < 1.29 is 9.53 Å². The second kappa shape index (κ2) is 7.88. The lowest BCUT2D eigenvalue weighted by Gasteiger charge is -2.27. The fourth-order valence-electron chi connectivity index (χ4n) is 2.67. The highest BCUT2D eigenvalue weighted by Crippen LogP contribution is 2.24. The van der Waals surface area contributed by atoms with Crippen LogP contribution in [0.2, 0.25) is 0 Å². The summed E-state index contributed by atoms with van der Waals surface area (Å²) in [6.45, 7) is 3.13. The Kier molecular flexibility index (Phi) is 5.60. The van der Waals surface area contributed by atoms with Crippen LogP contribution in [0.25, 0.3) is 0 Å². The number of carbonyl (C=O) groups excluding carboxylic acids is 1. The minimum absolute atomic E-state index is 0.0140. The standard InChI is InChI=1S/C17H23N5O2S/c1-20(2)15(23)14-6-4-5-13(11-14)12-25-17-19-18-16(21(17)3)22-7-9-24-10-8-22/h4-6,11H,7-10,12H2,1-3H3. The van der Waals surface area contributed by atoms with Gasteiger partial charge in [0, 0.05) is 45.5 Å². The largest absolute Gasteiger partial charge is 0.378 e. The van der Waals surface area contributed by atoms with Crippen LogP contribution in [-0.2, 0) is 17.5 Å². The number of aromatic nitrogens is 3. The molecule has 1 aromatic carbocycles. The lowest BCUT2D eigenvalue weighted by molar-refractivity contribution is 0.0827. The van der Waals surface area contributed by atoms with E-state index in [2.05, 4.69) is 15.1 Å². The molecule has 2 aromatic rings. The van der Waals surface area contributed by atoms with Gasteiger partial charge >= 0.3 is 0 Å². The maximum atomic E-state index is 12.1. The smallest absolute Gasteiger partial charge is 0.253 e. The van der Waals surface area contributed by atoms with Gasteiger partial charge in [-0.2, -0.15) is 0 Å². The first-order valence-electron chi connectivity index (χ1n) is 8.21. The van der Waals surface area contributed by atoms with Gasteiger partial charge in [0.05, 0.1) is 13.2 Å². The van der Waals surface area contributed by atoms with Crippen molar-refractivity contribution >= 4 is 23.6 Å². The molecular weight excluding hydrogens is 338 g/mol. The molecule has 1 fully saturated rings. The quantitative estimate of drug-likeness (QED) is 0.755. The van der Waals surface area contributed by atoms with E-state index in [1.54, 1.807) is 30.8 Å². The maximum absolute atomic E-state index is 12.1. The molecule has 25 heavy (non-hydrogen) atoms. The molecule has 1 amide bonds. The van der Waals surface area contributed by atoms with Gasteiger partial charge in [0.1, 0.15) is 0 Å². The fraction of sp³-hybridized carbons (Fsp3) is 0.471. The van der Waals surface area contributed by atoms with Crippen molar-refractivity contribution in [2.45, 2.75) is 10.9 Å². The predicted molar refractivity (Wildman–Crippen MR) is 98.1 cm³/mol. The van der Waals surface area contributed by atoms with Gasteiger partial charge in [-0.1, -0.05) is 23.9 Å². The molecule has 0 atom stereocenters. The molecule has 3 rings (SSSR count). The minimum Gasteiger partial charge on any atom is -0.378 e. The Balaban J connectivity index is 1.67. The van der Waals surface area contributed by atoms with Gasteiger partial charge in [-0.05, 0) is 17.7 Å². The highest BCUT2D eigenvalue weighted by Gasteiger charge is 2.18. The second-order valence-electron chi connectivity index (χ2n) is 6.13. The summed E-state index contributed by atoms with van der Waals surface area (Å²) >= 11 is 1.62. The number of carbonyl (C=O) groups is 1. The van der Waals surface area contributed by atoms with E-state index in [1.165, 1.54) is 0 Å². The third-order valence-electron chi connectivity index (χ3n) is 4.05. The number of morpholine rings is 1. The molecule has 0 bridgehead atoms. The molecule has 7 nitrogen and oxygen atoms in total. The Bertz CT molecular complexity index is 740. The highest BCUT2D eigenvalue weighted by atomic mass is 32.2. The molecule has 0 N–H and O–H groups in total. The first kappa shape index (κ1) is 17.8. The van der Waals surface area contributed by atoms with Crippen molar-refractivity contribution in [3.63, 3.8) is 0 Å². The fourth-order valence-corrected chi connectivity index (χ4v) is 3.52. The van der Waals surface area contributed by atoms with Gasteiger partial charge < -0.3 is 14.5 Å². The summed E-state index contributed by atoms with van der Waals surface area (Å²) < 4.78 is 7.40. The Morgan fingerprint density at radius 3 is 2.76 bits per heavy atom. The van der Waals surface area contributed by atoms with Gasteiger partial charge in [-0.25, -0.2) is 0 Å². The Morgan fingerprint density at radius 1 is 1.28 bits per heavy atom. The van der Waals surface area contributed by atoms with Crippen LogP contribution >= 0.6 is 11.8 Å². The summed E-state index contributed by atoms with van der Waals surface area (Å²) in [5, 5.41) is 9.50. The van der Waals surface area contributed by atoms with Crippen LogP contribution < -0.4 is 4.90 Å². The maximum Gasteiger partial charge on any atom is 0.253 e. The second-order valence-corrected chi connectivity index (χ2v) is 7.07. The van der Waals surface area contributed by atoms with E-state index in [-0.39, 0.29) is 5.91 Å². The van der Waals surface area contributed by atoms with Gasteiger partial charge in [0.2, 0.25) is 5.95 Å². The summed E-state index contributed by atoms with van der Waals surface area (Å²) in [6.07, 6.45) is 0. The average Bonchev–Trinajstić information content (AvgIpc) is 3.01. The minimum atomic E-state index is 0.0140. The molecule has 134 valence electrons. The van der Waals surface area contributed by atoms with E-state index in [4.69, 9.17) is 4.74 Å². The molecule has 0 unspecified atom stereocenters. The summed E-state index contributed by atoms with van der Waals surface area (Å²) in [4.78, 5) is 15.9. The molecule has 0 radical (unpaired) electrons. The zero-order valence-electron chi connectivity index (χ0n) is 14.8. The first-order valence-corrected chi connectivity index (χ1v) is 9.20. The zero-order valence-corrected chi connectivity index (χ0v) is 15.6. The van der Waals surface area contributed by atoms with Crippen LogP contribution in [0.1, 0.15) is 15.9 Å². The third-order valence-corrected chi connectivity index (χ3v) is 5.15. The van der Waals surface area contributed by atoms with Crippen molar-refractivity contribution in [3.8, 4) is 0 Å². The number of thioether (sulfide) groups is 1. The van der Waals surface area contributed by atoms with Crippen molar-refractivity contribution in [1.82, 2.24) is 19.7 Å². The number of amides is 1. The average molecular weight is 361 g/mol. The van der Waals surface area contributed by atoms with Crippen LogP contribution in [-0.4, -0.2) is 66.0 Å². The summed E-state index contributed by atoms with van der Waals surface area (Å²) in [5.41, 5.74) is 1.80. The van der Waals surface area contributed by atoms with Gasteiger partial charge in [-0.3, -0.25) is 9.36 Å². The Hall–Kier alpha value is -2.06. The van der Waals surface area contributed by atoms with Gasteiger partial charge in [0.15, 0.2) is 5.16 Å². The molecule has 1 saturated heterocycles. The molecule has 1 aromatic heterocycles. The number of hydrogen-bond acceptors (Lipinski definition) is 6. The molecular formula is C17H23N5O2S. The molecule has 1 aliphatic rings. The van der Waals surface area contributed by atoms with Crippen molar-refractivity contribution in [1.29, 1.82) is 0 Å². The van der Waals surface area contributed by atoms with Crippen LogP contribution in [0.15, 0.2) is 29.4 Å². The SMILES string of the molecule is CN(C)C(=O)c1cccc(CSc2nnc(N3CCOCC3)n2C)c1. The number of hydrogen-bond donors (Lipinski definition) is 0. The van der Waals surface area contributed by atoms with Crippen LogP contribution in [0.4, 0.5) is 5.95 Å². The van der Waals surface area contributed by atoms with Crippen LogP contribution in [0.3, 0.4) is 0 Å². The number of anilines is 1. The van der Waals surface area contributed by atoms with Gasteiger partial charge in [-0.15, -0.1) is 10.2 Å². The number of ether oxygens (including phenoxy) is 1. The molecule has 1 aliphatic heterocycles. The van der Waals surface area contributed by atoms with Crippen LogP contribution in [0.5, 0.6) is 0 Å². The molecule has 8 heteroatoms. The lowest BCUT2D eigenvalue weighted by Crippen LogP contribution is -2.37. The first-order chi connectivity index (χ1) is 12.1. The van der Waals surface area contributed by atoms with E-state index < -0.39 is 0 Å². The topological polar surface area (TPSA) is 63.5 Å². The van der Waals surface area contributed by atoms with E-state index in [0.717, 1.165) is 48.7 Å². The predicted octanol–water partition coefficient (Wildman–Crippen LogP) is 1.65. The summed E-state index contributed by atoms with van der Waals surface area (Å²) in [5.74, 6) is 1.63. The van der Waals surface area contributed by atoms with Gasteiger partial charge in [0.25, 0.3) is 5.91 Å². The zero-order chi connectivity index (χ0) is 17.8. The molecule has 0 spiro atoms. The normalized spacial score (nSPS) is 14.6. The third kappa shape index (κ3) is 4.13. The number of nitrogens with zero attached hydrogens (tertiary/aromatic N) is 5. The number of benzene rings is 1. The Morgan fingerprint density at radius 2 is 2.04 bits per heavy atom. The Labute approximate surface area is 152 Å². The summed E-state index contributed by atoms with van der Waals surface area (Å²) in [6, 6.07) is 7.73. The monoisotopic (exact) mass is 361 g/mol. The molecule has 2 heterocycles. The van der Waals surface area contributed by atoms with Crippen LogP contribution in [0, 0.1) is 0 Å². The highest BCUT2D eigenvalue weighted by molar-refractivity contribution is 7.98. The van der Waals surface area contributed by atoms with E-state index in [0.29, 0.717) is 5.56 Å². The summed E-state index contributed by atoms with van der Waals surface area (Å²) in [7, 11) is 5.51. The van der Waals surface area contributed by atoms with E-state index in [9.17, 15) is 4.79 Å². The molecule has 0 aliphatic carbocycles. The molecule has 0 saturated carbocycles. The van der Waals surface area contributed by atoms with Crippen molar-refractivity contribution in [2.24, 2.45) is 7.05 Å². The number of rotatable bonds is 5. The van der Waals surface area contributed by atoms with Crippen molar-refractivity contribution in [2.75, 3.05) is 45.3 Å². The lowest BCUT2D eigenvalue weighted by atomic mass is 10.1. The van der Waals surface area contributed by atoms with E-state index in [1.807, 2.05) is 35.9 Å². The van der Waals surface area contributed by atoms with E-state index >= 15 is 0 Å².